The summed E-state index contributed by atoms with van der Waals surface area (Å²) in [7, 11) is 0. The van der Waals surface area contributed by atoms with E-state index < -0.39 is 17.4 Å². The second-order valence-electron chi connectivity index (χ2n) is 5.76. The van der Waals surface area contributed by atoms with E-state index in [4.69, 9.17) is 0 Å². The number of rotatable bonds is 2. The first-order valence-electron chi connectivity index (χ1n) is 6.96. The fraction of sp³-hybridized carbons (Fsp3) is 0.643. The van der Waals surface area contributed by atoms with Gasteiger partial charge in [0.05, 0.1) is 0 Å². The fourth-order valence-corrected chi connectivity index (χ4v) is 3.15. The second-order valence-corrected chi connectivity index (χ2v) is 5.76. The van der Waals surface area contributed by atoms with E-state index in [9.17, 15) is 14.4 Å². The van der Waals surface area contributed by atoms with Crippen molar-refractivity contribution in [1.82, 2.24) is 10.2 Å². The maximum Gasteiger partial charge on any atom is 0.330 e. The van der Waals surface area contributed by atoms with Gasteiger partial charge in [-0.3, -0.25) is 19.8 Å². The molecule has 3 rings (SSSR count). The Bertz CT molecular complexity index is 465. The molecule has 5 heteroatoms. The minimum absolute atomic E-state index is 0.276. The van der Waals surface area contributed by atoms with Crippen LogP contribution < -0.4 is 5.32 Å². The Kier molecular flexibility index (Phi) is 2.92. The predicted octanol–water partition coefficient (Wildman–Crippen LogP) is 1.59. The molecule has 19 heavy (non-hydrogen) atoms. The van der Waals surface area contributed by atoms with Gasteiger partial charge in [-0.15, -0.1) is 0 Å². The molecular weight excluding hydrogens is 244 g/mol. The number of barbiturate groups is 1. The van der Waals surface area contributed by atoms with E-state index in [2.05, 4.69) is 17.5 Å². The molecule has 4 amide bonds. The van der Waals surface area contributed by atoms with Crippen molar-refractivity contribution in [2.75, 3.05) is 6.54 Å². The highest BCUT2D eigenvalue weighted by Crippen LogP contribution is 2.44. The van der Waals surface area contributed by atoms with Crippen molar-refractivity contribution in [2.45, 2.75) is 38.5 Å². The van der Waals surface area contributed by atoms with Crippen LogP contribution in [0.25, 0.3) is 0 Å². The molecule has 1 saturated carbocycles. The van der Waals surface area contributed by atoms with Crippen LogP contribution in [0.5, 0.6) is 0 Å². The molecule has 0 aromatic rings. The molecule has 1 heterocycles. The molecule has 1 unspecified atom stereocenters. The lowest BCUT2D eigenvalue weighted by molar-refractivity contribution is -0.158. The maximum absolute atomic E-state index is 12.5. The summed E-state index contributed by atoms with van der Waals surface area (Å²) in [6.45, 7) is 0.435. The van der Waals surface area contributed by atoms with Crippen LogP contribution in [-0.2, 0) is 9.59 Å². The predicted molar refractivity (Wildman–Crippen MR) is 68.0 cm³/mol. The third-order valence-corrected chi connectivity index (χ3v) is 4.58. The number of allylic oxidation sites excluding steroid dienone is 2. The maximum atomic E-state index is 12.5. The molecule has 1 spiro atoms. The van der Waals surface area contributed by atoms with Gasteiger partial charge in [-0.05, 0) is 38.0 Å². The van der Waals surface area contributed by atoms with Crippen molar-refractivity contribution >= 4 is 17.8 Å². The van der Waals surface area contributed by atoms with Gasteiger partial charge in [0, 0.05) is 6.54 Å². The van der Waals surface area contributed by atoms with Gasteiger partial charge in [0.2, 0.25) is 11.8 Å². The SMILES string of the molecule is O=C1NC(=O)C2(CCC2)C(=O)N1CC1CC=CCC1. The summed E-state index contributed by atoms with van der Waals surface area (Å²) in [6.07, 6.45) is 9.16. The first-order valence-corrected chi connectivity index (χ1v) is 6.96. The lowest BCUT2D eigenvalue weighted by atomic mass is 9.66. The average molecular weight is 262 g/mol. The summed E-state index contributed by atoms with van der Waals surface area (Å²) in [5.41, 5.74) is -0.932. The Balaban J connectivity index is 1.76. The van der Waals surface area contributed by atoms with Crippen LogP contribution in [-0.4, -0.2) is 29.3 Å². The fourth-order valence-electron chi connectivity index (χ4n) is 3.15. The zero-order valence-electron chi connectivity index (χ0n) is 10.9. The molecule has 2 fully saturated rings. The lowest BCUT2D eigenvalue weighted by Gasteiger charge is -2.45. The van der Waals surface area contributed by atoms with E-state index in [1.165, 1.54) is 4.90 Å². The summed E-state index contributed by atoms with van der Waals surface area (Å²) in [6, 6.07) is -0.540. The molecule has 0 bridgehead atoms. The molecule has 0 radical (unpaired) electrons. The summed E-state index contributed by atoms with van der Waals surface area (Å²) in [5, 5.41) is 2.35. The van der Waals surface area contributed by atoms with Gasteiger partial charge in [0.15, 0.2) is 0 Å². The molecule has 0 aromatic carbocycles. The Morgan fingerprint density at radius 3 is 2.63 bits per heavy atom. The number of nitrogens with zero attached hydrogens (tertiary/aromatic N) is 1. The molecule has 1 N–H and O–H groups in total. The van der Waals surface area contributed by atoms with Crippen molar-refractivity contribution in [3.63, 3.8) is 0 Å². The molecule has 1 aliphatic heterocycles. The summed E-state index contributed by atoms with van der Waals surface area (Å²) >= 11 is 0. The number of carbonyl (C=O) groups is 3. The topological polar surface area (TPSA) is 66.5 Å². The van der Waals surface area contributed by atoms with Crippen LogP contribution in [0.3, 0.4) is 0 Å². The van der Waals surface area contributed by atoms with Gasteiger partial charge in [-0.2, -0.15) is 0 Å². The van der Waals surface area contributed by atoms with E-state index in [0.29, 0.717) is 25.3 Å². The van der Waals surface area contributed by atoms with Crippen LogP contribution in [0.2, 0.25) is 0 Å². The first kappa shape index (κ1) is 12.4. The van der Waals surface area contributed by atoms with Gasteiger partial charge >= 0.3 is 6.03 Å². The Hall–Kier alpha value is -1.65. The Morgan fingerprint density at radius 2 is 2.05 bits per heavy atom. The summed E-state index contributed by atoms with van der Waals surface area (Å²) < 4.78 is 0. The number of hydrogen-bond donors (Lipinski definition) is 1. The van der Waals surface area contributed by atoms with Gasteiger partial charge in [-0.1, -0.05) is 18.6 Å². The van der Waals surface area contributed by atoms with Crippen LogP contribution in [0.4, 0.5) is 4.79 Å². The number of carbonyl (C=O) groups excluding carboxylic acids is 3. The largest absolute Gasteiger partial charge is 0.330 e. The minimum atomic E-state index is -0.932. The monoisotopic (exact) mass is 262 g/mol. The van der Waals surface area contributed by atoms with Crippen LogP contribution in [0.15, 0.2) is 12.2 Å². The normalized spacial score (nSPS) is 29.4. The smallest absolute Gasteiger partial charge is 0.277 e. The molecule has 5 nitrogen and oxygen atoms in total. The standard InChI is InChI=1S/C14H18N2O3/c17-11-14(7-4-8-14)12(18)16(13(19)15-11)9-10-5-2-1-3-6-10/h1-2,10H,3-9H2,(H,15,17,19). The van der Waals surface area contributed by atoms with Crippen molar-refractivity contribution < 1.29 is 14.4 Å². The van der Waals surface area contributed by atoms with Gasteiger partial charge in [0.25, 0.3) is 0 Å². The minimum Gasteiger partial charge on any atom is -0.277 e. The van der Waals surface area contributed by atoms with Crippen molar-refractivity contribution in [1.29, 1.82) is 0 Å². The van der Waals surface area contributed by atoms with E-state index >= 15 is 0 Å². The van der Waals surface area contributed by atoms with Crippen molar-refractivity contribution in [2.24, 2.45) is 11.3 Å². The lowest BCUT2D eigenvalue weighted by Crippen LogP contribution is -2.66. The summed E-state index contributed by atoms with van der Waals surface area (Å²) in [5.74, 6) is -0.347. The molecular formula is C14H18N2O3. The van der Waals surface area contributed by atoms with Crippen LogP contribution in [0.1, 0.15) is 38.5 Å². The molecule has 2 aliphatic carbocycles. The third kappa shape index (κ3) is 1.88. The molecule has 1 atom stereocenters. The highest BCUT2D eigenvalue weighted by molar-refractivity contribution is 6.19. The third-order valence-electron chi connectivity index (χ3n) is 4.58. The van der Waals surface area contributed by atoms with Gasteiger partial charge < -0.3 is 0 Å². The van der Waals surface area contributed by atoms with E-state index in [-0.39, 0.29) is 5.91 Å². The number of imide groups is 2. The van der Waals surface area contributed by atoms with Crippen LogP contribution in [0, 0.1) is 11.3 Å². The highest BCUT2D eigenvalue weighted by Gasteiger charge is 2.57. The quantitative estimate of drug-likeness (QED) is 0.607. The van der Waals surface area contributed by atoms with Gasteiger partial charge in [-0.25, -0.2) is 4.79 Å². The number of hydrogen-bond acceptors (Lipinski definition) is 3. The molecule has 0 aromatic heterocycles. The van der Waals surface area contributed by atoms with E-state index in [0.717, 1.165) is 25.7 Å². The van der Waals surface area contributed by atoms with E-state index in [1.54, 1.807) is 0 Å². The average Bonchev–Trinajstić information content (AvgIpc) is 2.34. The molecule has 1 saturated heterocycles. The first-order chi connectivity index (χ1) is 9.13. The Labute approximate surface area is 112 Å². The molecule has 102 valence electrons. The van der Waals surface area contributed by atoms with E-state index in [1.807, 2.05) is 0 Å². The number of amides is 4. The Morgan fingerprint density at radius 1 is 1.26 bits per heavy atom. The number of nitrogens with one attached hydrogen (secondary N) is 1. The number of urea groups is 1. The van der Waals surface area contributed by atoms with Crippen molar-refractivity contribution in [3.8, 4) is 0 Å². The zero-order chi connectivity index (χ0) is 13.5. The molecule has 3 aliphatic rings. The summed E-state index contributed by atoms with van der Waals surface area (Å²) in [4.78, 5) is 37.5. The second kappa shape index (κ2) is 4.47. The van der Waals surface area contributed by atoms with Crippen LogP contribution >= 0.6 is 0 Å². The van der Waals surface area contributed by atoms with Gasteiger partial charge in [0.1, 0.15) is 5.41 Å². The zero-order valence-corrected chi connectivity index (χ0v) is 10.9. The highest BCUT2D eigenvalue weighted by atomic mass is 16.2. The van der Waals surface area contributed by atoms with Crippen molar-refractivity contribution in [3.05, 3.63) is 12.2 Å².